The highest BCUT2D eigenvalue weighted by Crippen LogP contribution is 2.16. The molecule has 0 bridgehead atoms. The average molecular weight is 266 g/mol. The quantitative estimate of drug-likeness (QED) is 0.893. The molecule has 0 aliphatic carbocycles. The van der Waals surface area contributed by atoms with E-state index in [1.807, 2.05) is 6.07 Å². The average Bonchev–Trinajstić information content (AvgIpc) is 3.01. The Morgan fingerprint density at radius 2 is 2.10 bits per heavy atom. The SMILES string of the molecule is CN1CC=CC=C1NCc1ccc(-c2ccn[nH]2)cc1. The normalized spacial score (nSPS) is 14.2. The first-order valence-electron chi connectivity index (χ1n) is 6.73. The van der Waals surface area contributed by atoms with E-state index in [4.69, 9.17) is 0 Å². The molecule has 4 nitrogen and oxygen atoms in total. The summed E-state index contributed by atoms with van der Waals surface area (Å²) in [5.41, 5.74) is 3.46. The molecule has 0 amide bonds. The molecule has 0 spiro atoms. The number of rotatable bonds is 4. The lowest BCUT2D eigenvalue weighted by molar-refractivity contribution is 0.416. The summed E-state index contributed by atoms with van der Waals surface area (Å²) in [5, 5.41) is 10.4. The number of benzene rings is 1. The molecule has 4 heteroatoms. The number of allylic oxidation sites excluding steroid dienone is 2. The van der Waals surface area contributed by atoms with Gasteiger partial charge in [0.05, 0.1) is 5.69 Å². The fourth-order valence-electron chi connectivity index (χ4n) is 2.21. The first-order valence-corrected chi connectivity index (χ1v) is 6.73. The highest BCUT2D eigenvalue weighted by atomic mass is 15.2. The number of H-pyrrole nitrogens is 1. The lowest BCUT2D eigenvalue weighted by atomic mass is 10.1. The van der Waals surface area contributed by atoms with E-state index in [-0.39, 0.29) is 0 Å². The van der Waals surface area contributed by atoms with E-state index in [2.05, 4.69) is 70.0 Å². The van der Waals surface area contributed by atoms with Crippen LogP contribution in [-0.4, -0.2) is 28.7 Å². The van der Waals surface area contributed by atoms with E-state index in [0.29, 0.717) is 0 Å². The lowest BCUT2D eigenvalue weighted by Crippen LogP contribution is -2.29. The Kier molecular flexibility index (Phi) is 3.54. The molecule has 2 aromatic rings. The van der Waals surface area contributed by atoms with Crippen molar-refractivity contribution in [2.45, 2.75) is 6.54 Å². The number of hydrogen-bond acceptors (Lipinski definition) is 3. The molecule has 0 fully saturated rings. The fourth-order valence-corrected chi connectivity index (χ4v) is 2.21. The van der Waals surface area contributed by atoms with Gasteiger partial charge >= 0.3 is 0 Å². The summed E-state index contributed by atoms with van der Waals surface area (Å²) in [5.74, 6) is 1.16. The van der Waals surface area contributed by atoms with Gasteiger partial charge < -0.3 is 10.2 Å². The van der Waals surface area contributed by atoms with Crippen LogP contribution >= 0.6 is 0 Å². The molecule has 102 valence electrons. The topological polar surface area (TPSA) is 44.0 Å². The van der Waals surface area contributed by atoms with Crippen molar-refractivity contribution in [1.29, 1.82) is 0 Å². The van der Waals surface area contributed by atoms with Gasteiger partial charge in [-0.05, 0) is 23.3 Å². The van der Waals surface area contributed by atoms with Gasteiger partial charge in [0.1, 0.15) is 5.82 Å². The Balaban J connectivity index is 1.64. The van der Waals surface area contributed by atoms with Crippen molar-refractivity contribution in [1.82, 2.24) is 20.4 Å². The van der Waals surface area contributed by atoms with E-state index in [1.165, 1.54) is 5.56 Å². The van der Waals surface area contributed by atoms with E-state index in [0.717, 1.165) is 30.2 Å². The Hall–Kier alpha value is -2.49. The summed E-state index contributed by atoms with van der Waals surface area (Å²) >= 11 is 0. The number of nitrogens with one attached hydrogen (secondary N) is 2. The smallest absolute Gasteiger partial charge is 0.102 e. The minimum absolute atomic E-state index is 0.827. The Morgan fingerprint density at radius 3 is 2.80 bits per heavy atom. The van der Waals surface area contributed by atoms with E-state index < -0.39 is 0 Å². The van der Waals surface area contributed by atoms with E-state index >= 15 is 0 Å². The van der Waals surface area contributed by atoms with Gasteiger partial charge in [-0.3, -0.25) is 5.10 Å². The van der Waals surface area contributed by atoms with Crippen LogP contribution in [0, 0.1) is 0 Å². The van der Waals surface area contributed by atoms with E-state index in [1.54, 1.807) is 6.20 Å². The van der Waals surface area contributed by atoms with Gasteiger partial charge in [0.2, 0.25) is 0 Å². The van der Waals surface area contributed by atoms with Crippen molar-refractivity contribution >= 4 is 0 Å². The minimum Gasteiger partial charge on any atom is -0.368 e. The number of nitrogens with zero attached hydrogens (tertiary/aromatic N) is 2. The molecule has 1 aromatic carbocycles. The predicted octanol–water partition coefficient (Wildman–Crippen LogP) is 2.51. The van der Waals surface area contributed by atoms with Crippen molar-refractivity contribution in [2.24, 2.45) is 0 Å². The van der Waals surface area contributed by atoms with Crippen LogP contribution in [-0.2, 0) is 6.54 Å². The summed E-state index contributed by atoms with van der Waals surface area (Å²) in [7, 11) is 2.09. The maximum atomic E-state index is 3.97. The van der Waals surface area contributed by atoms with Crippen molar-refractivity contribution in [3.05, 3.63) is 66.1 Å². The van der Waals surface area contributed by atoms with E-state index in [9.17, 15) is 0 Å². The number of likely N-dealkylation sites (N-methyl/N-ethyl adjacent to an activating group) is 1. The third-order valence-corrected chi connectivity index (χ3v) is 3.42. The zero-order valence-electron chi connectivity index (χ0n) is 11.5. The zero-order valence-corrected chi connectivity index (χ0v) is 11.5. The Labute approximate surface area is 118 Å². The van der Waals surface area contributed by atoms with Crippen LogP contribution in [0.5, 0.6) is 0 Å². The predicted molar refractivity (Wildman–Crippen MR) is 80.7 cm³/mol. The van der Waals surface area contributed by atoms with Crippen LogP contribution < -0.4 is 5.32 Å². The molecular formula is C16H18N4. The van der Waals surface area contributed by atoms with Crippen LogP contribution in [0.25, 0.3) is 11.3 Å². The maximum absolute atomic E-state index is 3.97. The number of hydrogen-bond donors (Lipinski definition) is 2. The minimum atomic E-state index is 0.827. The van der Waals surface area contributed by atoms with Gasteiger partial charge in [-0.1, -0.05) is 36.4 Å². The highest BCUT2D eigenvalue weighted by Gasteiger charge is 2.05. The second-order valence-corrected chi connectivity index (χ2v) is 4.88. The largest absolute Gasteiger partial charge is 0.368 e. The zero-order chi connectivity index (χ0) is 13.8. The molecule has 0 unspecified atom stereocenters. The molecule has 0 radical (unpaired) electrons. The van der Waals surface area contributed by atoms with Gasteiger partial charge in [-0.15, -0.1) is 0 Å². The van der Waals surface area contributed by atoms with Gasteiger partial charge in [0.15, 0.2) is 0 Å². The monoisotopic (exact) mass is 266 g/mol. The fraction of sp³-hybridized carbons (Fsp3) is 0.188. The molecule has 20 heavy (non-hydrogen) atoms. The molecular weight excluding hydrogens is 248 g/mol. The number of aromatic nitrogens is 2. The van der Waals surface area contributed by atoms with Gasteiger partial charge in [0, 0.05) is 26.3 Å². The third-order valence-electron chi connectivity index (χ3n) is 3.42. The summed E-state index contributed by atoms with van der Waals surface area (Å²) in [6.45, 7) is 1.78. The van der Waals surface area contributed by atoms with Crippen LogP contribution in [0.2, 0.25) is 0 Å². The highest BCUT2D eigenvalue weighted by molar-refractivity contribution is 5.58. The second kappa shape index (κ2) is 5.65. The van der Waals surface area contributed by atoms with Crippen LogP contribution in [0.15, 0.2) is 60.6 Å². The Bertz CT molecular complexity index is 608. The van der Waals surface area contributed by atoms with Crippen molar-refractivity contribution < 1.29 is 0 Å². The van der Waals surface area contributed by atoms with Gasteiger partial charge in [0.25, 0.3) is 0 Å². The summed E-state index contributed by atoms with van der Waals surface area (Å²) < 4.78 is 0. The number of aromatic amines is 1. The summed E-state index contributed by atoms with van der Waals surface area (Å²) in [6.07, 6.45) is 8.10. The standard InChI is InChI=1S/C16H18N4/c1-20-11-3-2-4-16(20)17-12-13-5-7-14(8-6-13)15-9-10-18-19-15/h2-10,17H,11-12H2,1H3,(H,18,19). The van der Waals surface area contributed by atoms with Crippen LogP contribution in [0.1, 0.15) is 5.56 Å². The molecule has 0 atom stereocenters. The van der Waals surface area contributed by atoms with Gasteiger partial charge in [-0.25, -0.2) is 0 Å². The molecule has 0 saturated heterocycles. The summed E-state index contributed by atoms with van der Waals surface area (Å²) in [4.78, 5) is 2.19. The summed E-state index contributed by atoms with van der Waals surface area (Å²) in [6, 6.07) is 10.5. The molecule has 2 N–H and O–H groups in total. The molecule has 1 aliphatic heterocycles. The molecule has 1 aliphatic rings. The van der Waals surface area contributed by atoms with Crippen LogP contribution in [0.3, 0.4) is 0 Å². The maximum Gasteiger partial charge on any atom is 0.102 e. The molecule has 1 aromatic heterocycles. The third kappa shape index (κ3) is 2.74. The van der Waals surface area contributed by atoms with Crippen molar-refractivity contribution in [3.8, 4) is 11.3 Å². The van der Waals surface area contributed by atoms with Crippen molar-refractivity contribution in [3.63, 3.8) is 0 Å². The van der Waals surface area contributed by atoms with Crippen molar-refractivity contribution in [2.75, 3.05) is 13.6 Å². The molecule has 0 saturated carbocycles. The first-order chi connectivity index (χ1) is 9.83. The first kappa shape index (κ1) is 12.5. The second-order valence-electron chi connectivity index (χ2n) is 4.88. The lowest BCUT2D eigenvalue weighted by Gasteiger charge is -2.24. The Morgan fingerprint density at radius 1 is 1.25 bits per heavy atom. The molecule has 2 heterocycles. The molecule has 3 rings (SSSR count). The van der Waals surface area contributed by atoms with Gasteiger partial charge in [-0.2, -0.15) is 5.10 Å². The van der Waals surface area contributed by atoms with Crippen LogP contribution in [0.4, 0.5) is 0 Å².